The maximum Gasteiger partial charge on any atom is 0.280 e. The summed E-state index contributed by atoms with van der Waals surface area (Å²) in [6.45, 7) is 1.88. The average molecular weight is 267 g/mol. The van der Waals surface area contributed by atoms with Crippen molar-refractivity contribution in [2.45, 2.75) is 18.4 Å². The molecule has 2 aromatic rings. The number of anilines is 2. The van der Waals surface area contributed by atoms with Crippen molar-refractivity contribution in [2.75, 3.05) is 10.5 Å². The van der Waals surface area contributed by atoms with Gasteiger partial charge in [0.2, 0.25) is 0 Å². The number of aromatic nitrogens is 3. The Bertz CT molecular complexity index is 633. The van der Waals surface area contributed by atoms with Crippen molar-refractivity contribution in [3.8, 4) is 0 Å². The average Bonchev–Trinajstić information content (AvgIpc) is 2.81. The van der Waals surface area contributed by atoms with Crippen molar-refractivity contribution >= 4 is 21.5 Å². The molecular weight excluding hydrogens is 254 g/mol. The second kappa shape index (κ2) is 4.65. The van der Waals surface area contributed by atoms with Gasteiger partial charge in [-0.25, -0.2) is 9.97 Å². The quantitative estimate of drug-likeness (QED) is 0.756. The van der Waals surface area contributed by atoms with Crippen molar-refractivity contribution in [3.05, 3.63) is 30.4 Å². The number of H-pyrrole nitrogens is 1. The molecule has 2 aromatic heterocycles. The predicted molar refractivity (Wildman–Crippen MR) is 67.4 cm³/mol. The minimum absolute atomic E-state index is 0.0120. The van der Waals surface area contributed by atoms with Crippen molar-refractivity contribution in [1.82, 2.24) is 15.0 Å². The molecular formula is C10H13N5O2S. The lowest BCUT2D eigenvalue weighted by Gasteiger charge is -2.05. The fourth-order valence-corrected chi connectivity index (χ4v) is 2.27. The van der Waals surface area contributed by atoms with Gasteiger partial charge in [-0.1, -0.05) is 6.92 Å². The third-order valence-electron chi connectivity index (χ3n) is 2.25. The molecule has 7 nitrogen and oxygen atoms in total. The normalized spacial score (nSPS) is 11.4. The largest absolute Gasteiger partial charge is 0.397 e. The van der Waals surface area contributed by atoms with E-state index in [4.69, 9.17) is 5.73 Å². The van der Waals surface area contributed by atoms with E-state index in [1.165, 1.54) is 18.5 Å². The molecule has 0 saturated carbocycles. The van der Waals surface area contributed by atoms with Crippen LogP contribution in [0.15, 0.2) is 29.6 Å². The van der Waals surface area contributed by atoms with Gasteiger partial charge in [0.1, 0.15) is 11.6 Å². The van der Waals surface area contributed by atoms with Crippen molar-refractivity contribution < 1.29 is 8.42 Å². The number of hydrogen-bond donors (Lipinski definition) is 3. The zero-order valence-corrected chi connectivity index (χ0v) is 10.5. The Morgan fingerprint density at radius 3 is 2.67 bits per heavy atom. The van der Waals surface area contributed by atoms with E-state index in [2.05, 4.69) is 19.7 Å². The van der Waals surface area contributed by atoms with E-state index in [-0.39, 0.29) is 10.8 Å². The van der Waals surface area contributed by atoms with Crippen LogP contribution in [0.1, 0.15) is 12.7 Å². The zero-order valence-electron chi connectivity index (χ0n) is 9.71. The summed E-state index contributed by atoms with van der Waals surface area (Å²) in [4.78, 5) is 10.5. The van der Waals surface area contributed by atoms with Crippen LogP contribution in [0, 0.1) is 0 Å². The van der Waals surface area contributed by atoms with Crippen LogP contribution in [-0.4, -0.2) is 23.4 Å². The van der Waals surface area contributed by atoms with Gasteiger partial charge in [-0.05, 0) is 12.1 Å². The Morgan fingerprint density at radius 2 is 2.11 bits per heavy atom. The highest BCUT2D eigenvalue weighted by molar-refractivity contribution is 7.92. The summed E-state index contributed by atoms with van der Waals surface area (Å²) < 4.78 is 26.3. The van der Waals surface area contributed by atoms with Crippen LogP contribution in [-0.2, 0) is 16.4 Å². The van der Waals surface area contributed by atoms with E-state index in [1.807, 2.05) is 6.92 Å². The molecule has 0 aliphatic heterocycles. The minimum atomic E-state index is -3.69. The number of imidazole rings is 1. The number of hydrogen-bond acceptors (Lipinski definition) is 5. The first-order chi connectivity index (χ1) is 8.51. The van der Waals surface area contributed by atoms with Crippen LogP contribution in [0.2, 0.25) is 0 Å². The minimum Gasteiger partial charge on any atom is -0.397 e. The zero-order chi connectivity index (χ0) is 13.2. The topological polar surface area (TPSA) is 114 Å². The summed E-state index contributed by atoms with van der Waals surface area (Å²) in [7, 11) is -3.69. The molecule has 0 amide bonds. The van der Waals surface area contributed by atoms with Gasteiger partial charge in [0.05, 0.1) is 18.1 Å². The summed E-state index contributed by atoms with van der Waals surface area (Å²) in [5.41, 5.74) is 5.93. The third-order valence-corrected chi connectivity index (χ3v) is 3.52. The van der Waals surface area contributed by atoms with Gasteiger partial charge < -0.3 is 10.7 Å². The van der Waals surface area contributed by atoms with Gasteiger partial charge in [-0.2, -0.15) is 8.42 Å². The van der Waals surface area contributed by atoms with Gasteiger partial charge in [0.25, 0.3) is 10.0 Å². The van der Waals surface area contributed by atoms with Crippen LogP contribution < -0.4 is 10.5 Å². The highest BCUT2D eigenvalue weighted by Crippen LogP contribution is 2.13. The maximum absolute atomic E-state index is 12.0. The standard InChI is InChI=1S/C10H13N5O2S/c1-2-8-13-6-10(14-8)18(16,17)15-9-4-3-7(11)5-12-9/h3-6H,2,11H2,1H3,(H,12,15)(H,13,14). The van der Waals surface area contributed by atoms with E-state index in [0.717, 1.165) is 0 Å². The summed E-state index contributed by atoms with van der Waals surface area (Å²) in [6.07, 6.45) is 3.29. The monoisotopic (exact) mass is 267 g/mol. The first-order valence-electron chi connectivity index (χ1n) is 5.29. The van der Waals surface area contributed by atoms with Crippen molar-refractivity contribution in [2.24, 2.45) is 0 Å². The lowest BCUT2D eigenvalue weighted by Crippen LogP contribution is -2.14. The van der Waals surface area contributed by atoms with E-state index in [9.17, 15) is 8.42 Å². The number of aromatic amines is 1. The summed E-state index contributed by atoms with van der Waals surface area (Å²) in [5, 5.41) is 0.0120. The first kappa shape index (κ1) is 12.4. The Hall–Kier alpha value is -2.09. The van der Waals surface area contributed by atoms with Crippen molar-refractivity contribution in [3.63, 3.8) is 0 Å². The molecule has 96 valence electrons. The van der Waals surface area contributed by atoms with Crippen LogP contribution in [0.3, 0.4) is 0 Å². The maximum atomic E-state index is 12.0. The molecule has 0 aromatic carbocycles. The predicted octanol–water partition coefficient (Wildman–Crippen LogP) is 0.750. The Labute approximate surface area is 105 Å². The smallest absolute Gasteiger partial charge is 0.280 e. The molecule has 4 N–H and O–H groups in total. The fourth-order valence-electron chi connectivity index (χ4n) is 1.32. The van der Waals surface area contributed by atoms with E-state index < -0.39 is 10.0 Å². The molecule has 0 spiro atoms. The lowest BCUT2D eigenvalue weighted by molar-refractivity contribution is 0.597. The highest BCUT2D eigenvalue weighted by atomic mass is 32.2. The summed E-state index contributed by atoms with van der Waals surface area (Å²) >= 11 is 0. The first-order valence-corrected chi connectivity index (χ1v) is 6.78. The molecule has 18 heavy (non-hydrogen) atoms. The Kier molecular flexibility index (Phi) is 3.19. The molecule has 8 heteroatoms. The number of nitrogen functional groups attached to an aromatic ring is 1. The van der Waals surface area contributed by atoms with Crippen molar-refractivity contribution in [1.29, 1.82) is 0 Å². The lowest BCUT2D eigenvalue weighted by atomic mass is 10.4. The van der Waals surface area contributed by atoms with E-state index in [1.54, 1.807) is 6.07 Å². The molecule has 0 unspecified atom stereocenters. The Balaban J connectivity index is 2.24. The van der Waals surface area contributed by atoms with Gasteiger partial charge >= 0.3 is 0 Å². The van der Waals surface area contributed by atoms with Crippen LogP contribution >= 0.6 is 0 Å². The van der Waals surface area contributed by atoms with Crippen LogP contribution in [0.5, 0.6) is 0 Å². The van der Waals surface area contributed by atoms with E-state index in [0.29, 0.717) is 17.9 Å². The molecule has 2 rings (SSSR count). The molecule has 0 radical (unpaired) electrons. The van der Waals surface area contributed by atoms with Gasteiger partial charge in [-0.3, -0.25) is 4.72 Å². The molecule has 2 heterocycles. The number of nitrogens with zero attached hydrogens (tertiary/aromatic N) is 2. The second-order valence-electron chi connectivity index (χ2n) is 3.63. The molecule has 0 bridgehead atoms. The SMILES string of the molecule is CCc1ncc(S(=O)(=O)Nc2ccc(N)cn2)[nH]1. The number of rotatable bonds is 4. The summed E-state index contributed by atoms with van der Waals surface area (Å²) in [6, 6.07) is 3.05. The third kappa shape index (κ3) is 2.59. The van der Waals surface area contributed by atoms with Gasteiger partial charge in [-0.15, -0.1) is 0 Å². The molecule has 0 fully saturated rings. The van der Waals surface area contributed by atoms with E-state index >= 15 is 0 Å². The number of nitrogens with two attached hydrogens (primary N) is 1. The molecule has 0 atom stereocenters. The summed E-state index contributed by atoms with van der Waals surface area (Å²) in [5.74, 6) is 0.817. The number of nitrogens with one attached hydrogen (secondary N) is 2. The fraction of sp³-hybridized carbons (Fsp3) is 0.200. The number of sulfonamides is 1. The highest BCUT2D eigenvalue weighted by Gasteiger charge is 2.17. The van der Waals surface area contributed by atoms with Gasteiger partial charge in [0.15, 0.2) is 5.03 Å². The van der Waals surface area contributed by atoms with Gasteiger partial charge in [0, 0.05) is 6.42 Å². The van der Waals surface area contributed by atoms with Crippen LogP contribution in [0.25, 0.3) is 0 Å². The van der Waals surface area contributed by atoms with Crippen LogP contribution in [0.4, 0.5) is 11.5 Å². The molecule has 0 aliphatic carbocycles. The number of pyridine rings is 1. The molecule has 0 aliphatic rings. The molecule has 0 saturated heterocycles. The Morgan fingerprint density at radius 1 is 1.33 bits per heavy atom. The number of aryl methyl sites for hydroxylation is 1. The second-order valence-corrected chi connectivity index (χ2v) is 5.28.